The summed E-state index contributed by atoms with van der Waals surface area (Å²) in [6, 6.07) is 8.39. The van der Waals surface area contributed by atoms with Crippen molar-refractivity contribution in [2.75, 3.05) is 6.54 Å². The predicted octanol–water partition coefficient (Wildman–Crippen LogP) is 1.39. The Morgan fingerprint density at radius 3 is 2.83 bits per heavy atom. The van der Waals surface area contributed by atoms with Gasteiger partial charge in [0, 0.05) is 18.6 Å². The van der Waals surface area contributed by atoms with Crippen LogP contribution in [0.5, 0.6) is 0 Å². The number of nitrogens with two attached hydrogens (primary N) is 1. The average Bonchev–Trinajstić information content (AvgIpc) is 2.42. The molecule has 0 saturated heterocycles. The highest BCUT2D eigenvalue weighted by Crippen LogP contribution is 2.18. The van der Waals surface area contributed by atoms with Gasteiger partial charge in [0.25, 0.3) is 0 Å². The number of hydrazone groups is 1. The maximum atomic E-state index is 11.4. The molecule has 1 aliphatic carbocycles. The molecule has 0 unspecified atom stereocenters. The zero-order valence-electron chi connectivity index (χ0n) is 10.5. The maximum Gasteiger partial charge on any atom is 0.240 e. The molecule has 1 aliphatic rings. The quantitative estimate of drug-likeness (QED) is 0.787. The second kappa shape index (κ2) is 6.31. The minimum atomic E-state index is -0.0493. The van der Waals surface area contributed by atoms with Gasteiger partial charge in [0.15, 0.2) is 0 Å². The highest BCUT2D eigenvalue weighted by Gasteiger charge is 2.13. The number of hydrogen-bond donors (Lipinski definition) is 2. The van der Waals surface area contributed by atoms with Crippen molar-refractivity contribution in [1.29, 1.82) is 0 Å². The van der Waals surface area contributed by atoms with Crippen LogP contribution < -0.4 is 11.2 Å². The zero-order chi connectivity index (χ0) is 12.8. The van der Waals surface area contributed by atoms with E-state index in [-0.39, 0.29) is 5.91 Å². The molecule has 0 bridgehead atoms. The van der Waals surface area contributed by atoms with E-state index in [1.807, 2.05) is 6.07 Å². The summed E-state index contributed by atoms with van der Waals surface area (Å²) in [6.45, 7) is 0.539. The number of hydrogen-bond acceptors (Lipinski definition) is 3. The number of benzene rings is 1. The lowest BCUT2D eigenvalue weighted by Gasteiger charge is -2.17. The summed E-state index contributed by atoms with van der Waals surface area (Å²) >= 11 is 0. The van der Waals surface area contributed by atoms with E-state index in [9.17, 15) is 4.79 Å². The largest absolute Gasteiger partial charge is 0.330 e. The molecule has 18 heavy (non-hydrogen) atoms. The van der Waals surface area contributed by atoms with Crippen LogP contribution in [0.4, 0.5) is 0 Å². The number of amides is 1. The van der Waals surface area contributed by atoms with Crippen LogP contribution in [0, 0.1) is 0 Å². The van der Waals surface area contributed by atoms with E-state index in [1.165, 1.54) is 11.1 Å². The van der Waals surface area contributed by atoms with Crippen molar-refractivity contribution in [2.24, 2.45) is 10.8 Å². The Labute approximate surface area is 107 Å². The predicted molar refractivity (Wildman–Crippen MR) is 72.3 cm³/mol. The van der Waals surface area contributed by atoms with Crippen LogP contribution in [0.3, 0.4) is 0 Å². The smallest absolute Gasteiger partial charge is 0.240 e. The van der Waals surface area contributed by atoms with Crippen LogP contribution in [-0.4, -0.2) is 18.2 Å². The first-order valence-electron chi connectivity index (χ1n) is 6.40. The van der Waals surface area contributed by atoms with Gasteiger partial charge < -0.3 is 5.73 Å². The van der Waals surface area contributed by atoms with E-state index < -0.39 is 0 Å². The Hall–Kier alpha value is -1.68. The summed E-state index contributed by atoms with van der Waals surface area (Å²) in [5.41, 5.74) is 11.7. The molecule has 2 rings (SSSR count). The maximum absolute atomic E-state index is 11.4. The third-order valence-corrected chi connectivity index (χ3v) is 3.14. The van der Waals surface area contributed by atoms with E-state index in [0.29, 0.717) is 19.4 Å². The standard InChI is InChI=1S/C14H19N3O/c15-9-3-6-14(18)17-16-13-8-7-11-4-1-2-5-12(11)10-13/h1-2,4-5H,3,6-10,15H2,(H,17,18)/b16-13+. The minimum absolute atomic E-state index is 0.0493. The SMILES string of the molecule is NCCCC(=O)N/N=C1\CCc2ccccc2C1. The molecule has 0 fully saturated rings. The van der Waals surface area contributed by atoms with Crippen LogP contribution in [0.25, 0.3) is 0 Å². The Kier molecular flexibility index (Phi) is 4.47. The van der Waals surface area contributed by atoms with E-state index in [4.69, 9.17) is 5.73 Å². The molecule has 1 aromatic rings. The van der Waals surface area contributed by atoms with Crippen molar-refractivity contribution in [1.82, 2.24) is 5.43 Å². The molecule has 0 radical (unpaired) electrons. The number of carbonyl (C=O) groups is 1. The summed E-state index contributed by atoms with van der Waals surface area (Å²) in [5, 5.41) is 4.21. The first-order valence-corrected chi connectivity index (χ1v) is 6.40. The van der Waals surface area contributed by atoms with Gasteiger partial charge in [-0.2, -0.15) is 5.10 Å². The Balaban J connectivity index is 1.90. The second-order valence-corrected chi connectivity index (χ2v) is 4.55. The lowest BCUT2D eigenvalue weighted by molar-refractivity contribution is -0.121. The molecule has 3 N–H and O–H groups in total. The van der Waals surface area contributed by atoms with Gasteiger partial charge in [-0.25, -0.2) is 5.43 Å². The second-order valence-electron chi connectivity index (χ2n) is 4.55. The number of carbonyl (C=O) groups excluding carboxylic acids is 1. The lowest BCUT2D eigenvalue weighted by atomic mass is 9.90. The van der Waals surface area contributed by atoms with Crippen molar-refractivity contribution in [2.45, 2.75) is 32.1 Å². The lowest BCUT2D eigenvalue weighted by Crippen LogP contribution is -2.23. The van der Waals surface area contributed by atoms with Gasteiger partial charge >= 0.3 is 0 Å². The van der Waals surface area contributed by atoms with Gasteiger partial charge in [-0.3, -0.25) is 4.79 Å². The van der Waals surface area contributed by atoms with Crippen LogP contribution in [0.15, 0.2) is 29.4 Å². The Morgan fingerprint density at radius 1 is 1.28 bits per heavy atom. The number of nitrogens with zero attached hydrogens (tertiary/aromatic N) is 1. The fourth-order valence-corrected chi connectivity index (χ4v) is 2.12. The average molecular weight is 245 g/mol. The molecule has 1 aromatic carbocycles. The van der Waals surface area contributed by atoms with Crippen LogP contribution >= 0.6 is 0 Å². The highest BCUT2D eigenvalue weighted by atomic mass is 16.2. The molecule has 0 aliphatic heterocycles. The Bertz CT molecular complexity index is 454. The van der Waals surface area contributed by atoms with Gasteiger partial charge in [0.2, 0.25) is 5.91 Å². The van der Waals surface area contributed by atoms with Crippen molar-refractivity contribution in [3.8, 4) is 0 Å². The summed E-state index contributed by atoms with van der Waals surface area (Å²) in [5.74, 6) is -0.0493. The summed E-state index contributed by atoms with van der Waals surface area (Å²) in [4.78, 5) is 11.4. The molecule has 1 amide bonds. The third kappa shape index (κ3) is 3.40. The molecular weight excluding hydrogens is 226 g/mol. The summed E-state index contributed by atoms with van der Waals surface area (Å²) in [6.07, 6.45) is 3.93. The Morgan fingerprint density at radius 2 is 2.06 bits per heavy atom. The van der Waals surface area contributed by atoms with Crippen molar-refractivity contribution in [3.05, 3.63) is 35.4 Å². The van der Waals surface area contributed by atoms with Gasteiger partial charge in [-0.1, -0.05) is 24.3 Å². The number of rotatable bonds is 4. The minimum Gasteiger partial charge on any atom is -0.330 e. The molecule has 96 valence electrons. The monoisotopic (exact) mass is 245 g/mol. The molecule has 0 saturated carbocycles. The zero-order valence-corrected chi connectivity index (χ0v) is 10.5. The van der Waals surface area contributed by atoms with Crippen LogP contribution in [-0.2, 0) is 17.6 Å². The van der Waals surface area contributed by atoms with E-state index in [0.717, 1.165) is 25.0 Å². The molecule has 0 aromatic heterocycles. The van der Waals surface area contributed by atoms with Crippen molar-refractivity contribution >= 4 is 11.6 Å². The van der Waals surface area contributed by atoms with Crippen molar-refractivity contribution < 1.29 is 4.79 Å². The number of nitrogens with one attached hydrogen (secondary N) is 1. The fourth-order valence-electron chi connectivity index (χ4n) is 2.12. The van der Waals surface area contributed by atoms with Gasteiger partial charge in [-0.05, 0) is 36.9 Å². The van der Waals surface area contributed by atoms with Gasteiger partial charge in [0.1, 0.15) is 0 Å². The molecule has 0 heterocycles. The first kappa shape index (κ1) is 12.8. The summed E-state index contributed by atoms with van der Waals surface area (Å²) < 4.78 is 0. The third-order valence-electron chi connectivity index (χ3n) is 3.14. The van der Waals surface area contributed by atoms with Crippen LogP contribution in [0.2, 0.25) is 0 Å². The van der Waals surface area contributed by atoms with Crippen LogP contribution in [0.1, 0.15) is 30.4 Å². The first-order chi connectivity index (χ1) is 8.79. The topological polar surface area (TPSA) is 67.5 Å². The summed E-state index contributed by atoms with van der Waals surface area (Å²) in [7, 11) is 0. The molecule has 0 atom stereocenters. The van der Waals surface area contributed by atoms with E-state index in [1.54, 1.807) is 0 Å². The number of fused-ring (bicyclic) bond motifs is 1. The molecule has 4 nitrogen and oxygen atoms in total. The molecule has 0 spiro atoms. The van der Waals surface area contributed by atoms with Crippen molar-refractivity contribution in [3.63, 3.8) is 0 Å². The highest BCUT2D eigenvalue weighted by molar-refractivity contribution is 5.89. The van der Waals surface area contributed by atoms with Gasteiger partial charge in [-0.15, -0.1) is 0 Å². The molecule has 4 heteroatoms. The fraction of sp³-hybridized carbons (Fsp3) is 0.429. The molecular formula is C14H19N3O. The van der Waals surface area contributed by atoms with Gasteiger partial charge in [0.05, 0.1) is 0 Å². The normalized spacial score (nSPS) is 16.4. The van der Waals surface area contributed by atoms with E-state index in [2.05, 4.69) is 28.7 Å². The van der Waals surface area contributed by atoms with E-state index >= 15 is 0 Å². The number of aryl methyl sites for hydroxylation is 1.